The zero-order valence-electron chi connectivity index (χ0n) is 14.5. The normalized spacial score (nSPS) is 22.7. The van der Waals surface area contributed by atoms with E-state index in [1.165, 1.54) is 12.8 Å². The molecule has 4 nitrogen and oxygen atoms in total. The molecule has 0 spiro atoms. The third-order valence-corrected chi connectivity index (χ3v) is 4.52. The molecule has 1 aliphatic rings. The first-order valence-electron chi connectivity index (χ1n) is 8.77. The van der Waals surface area contributed by atoms with Gasteiger partial charge < -0.3 is 15.8 Å². The first-order valence-corrected chi connectivity index (χ1v) is 8.77. The average Bonchev–Trinajstić information content (AvgIpc) is 2.49. The highest BCUT2D eigenvalue weighted by atomic mass is 16.5. The van der Waals surface area contributed by atoms with Gasteiger partial charge in [-0.25, -0.2) is 0 Å². The molecule has 0 saturated heterocycles. The number of hydrogen-bond acceptors (Lipinski definition) is 3. The number of nitrogens with one attached hydrogen (secondary N) is 1. The zero-order chi connectivity index (χ0) is 16.8. The average molecular weight is 318 g/mol. The standard InChI is InChI=1S/C19H30N2O2/c1-13(2)23-17-9-6-8-15(11-17)14(3)21-19(22)12-16-7-4-5-10-18(16)20/h6,8-9,11,13-14,16,18H,4-5,7,10,12,20H2,1-3H3,(H,21,22). The molecule has 0 aromatic heterocycles. The van der Waals surface area contributed by atoms with E-state index in [0.29, 0.717) is 12.3 Å². The Morgan fingerprint density at radius 1 is 1.30 bits per heavy atom. The second-order valence-electron chi connectivity index (χ2n) is 6.94. The van der Waals surface area contributed by atoms with Crippen LogP contribution in [0.3, 0.4) is 0 Å². The second kappa shape index (κ2) is 8.34. The smallest absolute Gasteiger partial charge is 0.220 e. The summed E-state index contributed by atoms with van der Waals surface area (Å²) in [5, 5.41) is 3.09. The van der Waals surface area contributed by atoms with Gasteiger partial charge in [0.2, 0.25) is 5.91 Å². The number of amides is 1. The van der Waals surface area contributed by atoms with Crippen LogP contribution in [-0.4, -0.2) is 18.1 Å². The van der Waals surface area contributed by atoms with Crippen molar-refractivity contribution in [3.05, 3.63) is 29.8 Å². The molecule has 0 bridgehead atoms. The molecule has 3 unspecified atom stereocenters. The van der Waals surface area contributed by atoms with Crippen molar-refractivity contribution in [1.82, 2.24) is 5.32 Å². The Bertz CT molecular complexity index is 516. The monoisotopic (exact) mass is 318 g/mol. The highest BCUT2D eigenvalue weighted by molar-refractivity contribution is 5.76. The van der Waals surface area contributed by atoms with Crippen LogP contribution in [0.5, 0.6) is 5.75 Å². The van der Waals surface area contributed by atoms with Gasteiger partial charge in [-0.1, -0.05) is 25.0 Å². The summed E-state index contributed by atoms with van der Waals surface area (Å²) in [6.07, 6.45) is 5.17. The summed E-state index contributed by atoms with van der Waals surface area (Å²) in [5.74, 6) is 1.26. The zero-order valence-corrected chi connectivity index (χ0v) is 14.5. The Kier molecular flexibility index (Phi) is 6.46. The number of hydrogen-bond donors (Lipinski definition) is 2. The number of benzene rings is 1. The van der Waals surface area contributed by atoms with Crippen LogP contribution in [0, 0.1) is 5.92 Å². The van der Waals surface area contributed by atoms with Gasteiger partial charge in [0.25, 0.3) is 0 Å². The lowest BCUT2D eigenvalue weighted by Crippen LogP contribution is -2.37. The van der Waals surface area contributed by atoms with E-state index in [4.69, 9.17) is 10.5 Å². The Balaban J connectivity index is 1.90. The van der Waals surface area contributed by atoms with Gasteiger partial charge in [-0.3, -0.25) is 4.79 Å². The van der Waals surface area contributed by atoms with Crippen LogP contribution in [0.15, 0.2) is 24.3 Å². The van der Waals surface area contributed by atoms with E-state index in [0.717, 1.165) is 24.2 Å². The van der Waals surface area contributed by atoms with Crippen molar-refractivity contribution < 1.29 is 9.53 Å². The maximum Gasteiger partial charge on any atom is 0.220 e. The topological polar surface area (TPSA) is 64.3 Å². The molecule has 1 aromatic carbocycles. The molecule has 1 saturated carbocycles. The maximum atomic E-state index is 12.3. The summed E-state index contributed by atoms with van der Waals surface area (Å²) >= 11 is 0. The van der Waals surface area contributed by atoms with E-state index in [-0.39, 0.29) is 24.1 Å². The SMILES string of the molecule is CC(C)Oc1cccc(C(C)NC(=O)CC2CCCCC2N)c1. The second-order valence-corrected chi connectivity index (χ2v) is 6.94. The van der Waals surface area contributed by atoms with Crippen molar-refractivity contribution in [3.8, 4) is 5.75 Å². The number of carbonyl (C=O) groups is 1. The number of ether oxygens (including phenoxy) is 1. The fourth-order valence-corrected chi connectivity index (χ4v) is 3.24. The van der Waals surface area contributed by atoms with Gasteiger partial charge in [0, 0.05) is 12.5 Å². The highest BCUT2D eigenvalue weighted by Crippen LogP contribution is 2.26. The lowest BCUT2D eigenvalue weighted by atomic mass is 9.83. The van der Waals surface area contributed by atoms with Crippen LogP contribution >= 0.6 is 0 Å². The summed E-state index contributed by atoms with van der Waals surface area (Å²) in [6.45, 7) is 6.02. The van der Waals surface area contributed by atoms with E-state index in [2.05, 4.69) is 5.32 Å². The third kappa shape index (κ3) is 5.54. The Hall–Kier alpha value is -1.55. The summed E-state index contributed by atoms with van der Waals surface area (Å²) in [4.78, 5) is 12.3. The van der Waals surface area contributed by atoms with Crippen molar-refractivity contribution >= 4 is 5.91 Å². The number of carbonyl (C=O) groups excluding carboxylic acids is 1. The quantitative estimate of drug-likeness (QED) is 0.843. The Labute approximate surface area is 139 Å². The van der Waals surface area contributed by atoms with Crippen molar-refractivity contribution in [2.45, 2.75) is 71.1 Å². The molecular weight excluding hydrogens is 288 g/mol. The van der Waals surface area contributed by atoms with Crippen LogP contribution in [0.25, 0.3) is 0 Å². The van der Waals surface area contributed by atoms with Crippen LogP contribution in [0.2, 0.25) is 0 Å². The molecular formula is C19H30N2O2. The molecule has 3 atom stereocenters. The van der Waals surface area contributed by atoms with Crippen molar-refractivity contribution in [1.29, 1.82) is 0 Å². The fourth-order valence-electron chi connectivity index (χ4n) is 3.24. The van der Waals surface area contributed by atoms with E-state index in [1.54, 1.807) is 0 Å². The maximum absolute atomic E-state index is 12.3. The van der Waals surface area contributed by atoms with Crippen molar-refractivity contribution in [2.24, 2.45) is 11.7 Å². The Morgan fingerprint density at radius 2 is 2.04 bits per heavy atom. The fraction of sp³-hybridized carbons (Fsp3) is 0.632. The molecule has 1 aromatic rings. The van der Waals surface area contributed by atoms with Gasteiger partial charge in [0.05, 0.1) is 12.1 Å². The van der Waals surface area contributed by atoms with Crippen molar-refractivity contribution in [3.63, 3.8) is 0 Å². The molecule has 1 fully saturated rings. The molecule has 1 amide bonds. The van der Waals surface area contributed by atoms with Crippen LogP contribution in [0.1, 0.15) is 64.5 Å². The van der Waals surface area contributed by atoms with E-state index < -0.39 is 0 Å². The molecule has 23 heavy (non-hydrogen) atoms. The van der Waals surface area contributed by atoms with Crippen LogP contribution in [-0.2, 0) is 4.79 Å². The van der Waals surface area contributed by atoms with Gasteiger partial charge in [0.15, 0.2) is 0 Å². The van der Waals surface area contributed by atoms with Gasteiger partial charge in [0.1, 0.15) is 5.75 Å². The number of nitrogens with two attached hydrogens (primary N) is 1. The summed E-state index contributed by atoms with van der Waals surface area (Å²) in [6, 6.07) is 8.07. The van der Waals surface area contributed by atoms with Crippen LogP contribution < -0.4 is 15.8 Å². The predicted octanol–water partition coefficient (Wildman–Crippen LogP) is 3.56. The summed E-state index contributed by atoms with van der Waals surface area (Å²) in [5.41, 5.74) is 7.20. The first-order chi connectivity index (χ1) is 11.0. The van der Waals surface area contributed by atoms with E-state index in [1.807, 2.05) is 45.0 Å². The molecule has 3 N–H and O–H groups in total. The minimum absolute atomic E-state index is 0.0296. The lowest BCUT2D eigenvalue weighted by Gasteiger charge is -2.28. The molecule has 4 heteroatoms. The molecule has 2 rings (SSSR count). The molecule has 0 radical (unpaired) electrons. The van der Waals surface area contributed by atoms with Crippen molar-refractivity contribution in [2.75, 3.05) is 0 Å². The molecule has 0 aliphatic heterocycles. The molecule has 0 heterocycles. The van der Waals surface area contributed by atoms with Gasteiger partial charge in [-0.2, -0.15) is 0 Å². The largest absolute Gasteiger partial charge is 0.491 e. The van der Waals surface area contributed by atoms with Gasteiger partial charge >= 0.3 is 0 Å². The first kappa shape index (κ1) is 17.8. The molecule has 1 aliphatic carbocycles. The minimum Gasteiger partial charge on any atom is -0.491 e. The predicted molar refractivity (Wildman–Crippen MR) is 93.3 cm³/mol. The Morgan fingerprint density at radius 3 is 2.74 bits per heavy atom. The van der Waals surface area contributed by atoms with E-state index in [9.17, 15) is 4.79 Å². The van der Waals surface area contributed by atoms with Gasteiger partial charge in [-0.15, -0.1) is 0 Å². The third-order valence-electron chi connectivity index (χ3n) is 4.52. The van der Waals surface area contributed by atoms with Gasteiger partial charge in [-0.05, 0) is 57.2 Å². The lowest BCUT2D eigenvalue weighted by molar-refractivity contribution is -0.123. The highest BCUT2D eigenvalue weighted by Gasteiger charge is 2.24. The molecule has 128 valence electrons. The summed E-state index contributed by atoms with van der Waals surface area (Å²) in [7, 11) is 0. The minimum atomic E-state index is -0.0296. The van der Waals surface area contributed by atoms with Crippen LogP contribution in [0.4, 0.5) is 0 Å². The number of rotatable bonds is 6. The summed E-state index contributed by atoms with van der Waals surface area (Å²) < 4.78 is 5.72. The van der Waals surface area contributed by atoms with E-state index >= 15 is 0 Å².